The molecule has 0 bridgehead atoms. The van der Waals surface area contributed by atoms with Gasteiger partial charge < -0.3 is 5.73 Å². The molecule has 0 aliphatic rings. The lowest BCUT2D eigenvalue weighted by Gasteiger charge is -2.10. The molecule has 6 heteroatoms. The molecule has 6 nitrogen and oxygen atoms in total. The van der Waals surface area contributed by atoms with Crippen LogP contribution in [0.5, 0.6) is 0 Å². The summed E-state index contributed by atoms with van der Waals surface area (Å²) < 4.78 is 0. The fraction of sp³-hybridized carbons (Fsp3) is 0.0526. The van der Waals surface area contributed by atoms with Crippen molar-refractivity contribution >= 4 is 11.5 Å². The van der Waals surface area contributed by atoms with E-state index in [1.165, 1.54) is 12.1 Å². The molecule has 25 heavy (non-hydrogen) atoms. The van der Waals surface area contributed by atoms with Gasteiger partial charge in [0, 0.05) is 23.3 Å². The first-order valence-electron chi connectivity index (χ1n) is 7.52. The van der Waals surface area contributed by atoms with Gasteiger partial charge in [0.1, 0.15) is 17.5 Å². The number of rotatable bonds is 3. The van der Waals surface area contributed by atoms with E-state index in [2.05, 4.69) is 4.98 Å². The second kappa shape index (κ2) is 6.42. The van der Waals surface area contributed by atoms with E-state index in [4.69, 9.17) is 5.73 Å². The fourth-order valence-electron chi connectivity index (χ4n) is 2.65. The molecular formula is C19H14N4O2. The summed E-state index contributed by atoms with van der Waals surface area (Å²) in [5, 5.41) is 20.5. The molecule has 0 atom stereocenters. The smallest absolute Gasteiger partial charge is 0.270 e. The third-order valence-electron chi connectivity index (χ3n) is 3.84. The van der Waals surface area contributed by atoms with Crippen molar-refractivity contribution in [2.75, 3.05) is 5.73 Å². The van der Waals surface area contributed by atoms with E-state index in [0.29, 0.717) is 16.8 Å². The number of nitro benzene ring substituents is 1. The number of nitrogens with two attached hydrogens (primary N) is 1. The van der Waals surface area contributed by atoms with Crippen molar-refractivity contribution in [2.45, 2.75) is 6.92 Å². The summed E-state index contributed by atoms with van der Waals surface area (Å²) in [6, 6.07) is 17.6. The fourth-order valence-corrected chi connectivity index (χ4v) is 2.65. The lowest BCUT2D eigenvalue weighted by Crippen LogP contribution is -2.00. The van der Waals surface area contributed by atoms with Crippen LogP contribution < -0.4 is 5.73 Å². The van der Waals surface area contributed by atoms with Crippen molar-refractivity contribution in [1.29, 1.82) is 5.26 Å². The van der Waals surface area contributed by atoms with E-state index in [1.807, 2.05) is 37.3 Å². The molecule has 1 aromatic heterocycles. The van der Waals surface area contributed by atoms with Crippen LogP contribution in [-0.2, 0) is 0 Å². The van der Waals surface area contributed by atoms with Gasteiger partial charge in [-0.15, -0.1) is 0 Å². The molecule has 3 aromatic rings. The van der Waals surface area contributed by atoms with Crippen LogP contribution in [0, 0.1) is 28.4 Å². The SMILES string of the molecule is Cc1cccc(-c2cc(-c3cccc([N+](=O)[O-])c3)c(C#N)c(N)n2)c1. The van der Waals surface area contributed by atoms with E-state index in [-0.39, 0.29) is 17.1 Å². The predicted octanol–water partition coefficient (Wildman–Crippen LogP) is 4.09. The van der Waals surface area contributed by atoms with Crippen molar-refractivity contribution in [2.24, 2.45) is 0 Å². The molecule has 1 heterocycles. The van der Waals surface area contributed by atoms with Crippen molar-refractivity contribution in [3.05, 3.63) is 75.8 Å². The number of hydrogen-bond acceptors (Lipinski definition) is 5. The average Bonchev–Trinajstić information content (AvgIpc) is 2.61. The molecule has 3 rings (SSSR count). The van der Waals surface area contributed by atoms with Gasteiger partial charge in [0.05, 0.1) is 10.6 Å². The lowest BCUT2D eigenvalue weighted by molar-refractivity contribution is -0.384. The zero-order chi connectivity index (χ0) is 18.0. The van der Waals surface area contributed by atoms with Crippen LogP contribution in [0.2, 0.25) is 0 Å². The Morgan fingerprint density at radius 2 is 1.84 bits per heavy atom. The molecule has 0 fully saturated rings. The van der Waals surface area contributed by atoms with Crippen LogP contribution in [0.15, 0.2) is 54.6 Å². The molecule has 2 N–H and O–H groups in total. The quantitative estimate of drug-likeness (QED) is 0.575. The number of nitrogen functional groups attached to an aromatic ring is 1. The summed E-state index contributed by atoms with van der Waals surface area (Å²) in [5.74, 6) is 0.100. The minimum Gasteiger partial charge on any atom is -0.383 e. The van der Waals surface area contributed by atoms with Crippen LogP contribution in [-0.4, -0.2) is 9.91 Å². The normalized spacial score (nSPS) is 10.2. The van der Waals surface area contributed by atoms with Crippen molar-refractivity contribution in [3.8, 4) is 28.5 Å². The summed E-state index contributed by atoms with van der Waals surface area (Å²) in [7, 11) is 0. The Bertz CT molecular complexity index is 1020. The van der Waals surface area contributed by atoms with Gasteiger partial charge in [-0.1, -0.05) is 35.9 Å². The molecule has 0 saturated heterocycles. The number of nitrogens with zero attached hydrogens (tertiary/aromatic N) is 3. The number of hydrogen-bond donors (Lipinski definition) is 1. The zero-order valence-electron chi connectivity index (χ0n) is 13.4. The minimum absolute atomic E-state index is 0.0473. The molecule has 122 valence electrons. The molecule has 0 saturated carbocycles. The molecule has 0 aliphatic heterocycles. The van der Waals surface area contributed by atoms with Crippen LogP contribution >= 0.6 is 0 Å². The summed E-state index contributed by atoms with van der Waals surface area (Å²) in [5.41, 5.74) is 9.75. The average molecular weight is 330 g/mol. The number of aromatic nitrogens is 1. The molecule has 0 radical (unpaired) electrons. The summed E-state index contributed by atoms with van der Waals surface area (Å²) in [4.78, 5) is 14.9. The number of pyridine rings is 1. The summed E-state index contributed by atoms with van der Waals surface area (Å²) in [6.07, 6.45) is 0. The number of benzene rings is 2. The number of nitro groups is 1. The van der Waals surface area contributed by atoms with Crippen LogP contribution in [0.4, 0.5) is 11.5 Å². The summed E-state index contributed by atoms with van der Waals surface area (Å²) in [6.45, 7) is 1.97. The largest absolute Gasteiger partial charge is 0.383 e. The number of nitriles is 1. The van der Waals surface area contributed by atoms with Gasteiger partial charge in [0.15, 0.2) is 0 Å². The van der Waals surface area contributed by atoms with Crippen LogP contribution in [0.3, 0.4) is 0 Å². The van der Waals surface area contributed by atoms with E-state index < -0.39 is 4.92 Å². The molecule has 0 spiro atoms. The molecule has 2 aromatic carbocycles. The van der Waals surface area contributed by atoms with Gasteiger partial charge in [-0.2, -0.15) is 5.26 Å². The highest BCUT2D eigenvalue weighted by Crippen LogP contribution is 2.32. The maximum absolute atomic E-state index is 11.0. The van der Waals surface area contributed by atoms with E-state index in [0.717, 1.165) is 11.1 Å². The number of non-ortho nitro benzene ring substituents is 1. The molecule has 0 unspecified atom stereocenters. The van der Waals surface area contributed by atoms with E-state index in [1.54, 1.807) is 18.2 Å². The number of anilines is 1. The Hall–Kier alpha value is -3.72. The van der Waals surface area contributed by atoms with Crippen molar-refractivity contribution in [1.82, 2.24) is 4.98 Å². The van der Waals surface area contributed by atoms with Gasteiger partial charge in [-0.3, -0.25) is 10.1 Å². The van der Waals surface area contributed by atoms with Gasteiger partial charge >= 0.3 is 0 Å². The highest BCUT2D eigenvalue weighted by atomic mass is 16.6. The summed E-state index contributed by atoms with van der Waals surface area (Å²) >= 11 is 0. The van der Waals surface area contributed by atoms with Gasteiger partial charge in [-0.05, 0) is 24.6 Å². The third kappa shape index (κ3) is 3.16. The first kappa shape index (κ1) is 16.1. The van der Waals surface area contributed by atoms with E-state index in [9.17, 15) is 15.4 Å². The number of aryl methyl sites for hydroxylation is 1. The highest BCUT2D eigenvalue weighted by Gasteiger charge is 2.15. The van der Waals surface area contributed by atoms with Gasteiger partial charge in [0.2, 0.25) is 0 Å². The lowest BCUT2D eigenvalue weighted by atomic mass is 9.97. The Kier molecular flexibility index (Phi) is 4.14. The second-order valence-corrected chi connectivity index (χ2v) is 5.60. The maximum atomic E-state index is 11.0. The maximum Gasteiger partial charge on any atom is 0.270 e. The van der Waals surface area contributed by atoms with Gasteiger partial charge in [-0.25, -0.2) is 4.98 Å². The third-order valence-corrected chi connectivity index (χ3v) is 3.84. The molecule has 0 aliphatic carbocycles. The first-order valence-corrected chi connectivity index (χ1v) is 7.52. The minimum atomic E-state index is -0.471. The van der Waals surface area contributed by atoms with Crippen LogP contribution in [0.1, 0.15) is 11.1 Å². The standard InChI is InChI=1S/C19H14N4O2/c1-12-4-2-6-14(8-12)18-10-16(17(11-20)19(21)22-18)13-5-3-7-15(9-13)23(24)25/h2-10H,1H3,(H2,21,22). The Balaban J connectivity index is 2.24. The van der Waals surface area contributed by atoms with Crippen molar-refractivity contribution in [3.63, 3.8) is 0 Å². The molecular weight excluding hydrogens is 316 g/mol. The monoisotopic (exact) mass is 330 g/mol. The van der Waals surface area contributed by atoms with E-state index >= 15 is 0 Å². The zero-order valence-corrected chi connectivity index (χ0v) is 13.4. The Morgan fingerprint density at radius 1 is 1.12 bits per heavy atom. The molecule has 0 amide bonds. The predicted molar refractivity (Wildman–Crippen MR) is 95.6 cm³/mol. The second-order valence-electron chi connectivity index (χ2n) is 5.60. The highest BCUT2D eigenvalue weighted by molar-refractivity contribution is 5.81. The van der Waals surface area contributed by atoms with Crippen LogP contribution in [0.25, 0.3) is 22.4 Å². The first-order chi connectivity index (χ1) is 12.0. The Morgan fingerprint density at radius 3 is 2.52 bits per heavy atom. The topological polar surface area (TPSA) is 106 Å². The van der Waals surface area contributed by atoms with Crippen molar-refractivity contribution < 1.29 is 4.92 Å². The Labute approximate surface area is 144 Å². The van der Waals surface area contributed by atoms with Gasteiger partial charge in [0.25, 0.3) is 5.69 Å².